The lowest BCUT2D eigenvalue weighted by molar-refractivity contribution is 0.0657. The fraction of sp³-hybridized carbons (Fsp3) is 0.500. The van der Waals surface area contributed by atoms with Crippen molar-refractivity contribution in [1.82, 2.24) is 19.8 Å². The van der Waals surface area contributed by atoms with E-state index in [1.807, 2.05) is 4.90 Å². The maximum atomic E-state index is 11.9. The molecule has 2 heterocycles. The summed E-state index contributed by atoms with van der Waals surface area (Å²) >= 11 is 0. The molecule has 0 saturated carbocycles. The molecule has 0 aromatic carbocycles. The Balaban J connectivity index is 2.03. The van der Waals surface area contributed by atoms with Gasteiger partial charge in [0.15, 0.2) is 0 Å². The molecular weight excluding hydrogens is 192 g/mol. The zero-order valence-corrected chi connectivity index (χ0v) is 8.68. The first-order valence-corrected chi connectivity index (χ1v) is 4.93. The van der Waals surface area contributed by atoms with Gasteiger partial charge in [-0.1, -0.05) is 0 Å². The van der Waals surface area contributed by atoms with Crippen molar-refractivity contribution in [3.05, 3.63) is 24.3 Å². The second-order valence-electron chi connectivity index (χ2n) is 3.63. The molecule has 0 N–H and O–H groups in total. The van der Waals surface area contributed by atoms with E-state index in [-0.39, 0.29) is 5.91 Å². The molecule has 1 radical (unpaired) electrons. The molecule has 0 atom stereocenters. The Labute approximate surface area is 88.7 Å². The van der Waals surface area contributed by atoms with Gasteiger partial charge in [-0.05, 0) is 7.05 Å². The molecule has 1 aliphatic heterocycles. The second kappa shape index (κ2) is 4.35. The summed E-state index contributed by atoms with van der Waals surface area (Å²) in [6, 6.07) is 0. The van der Waals surface area contributed by atoms with E-state index in [1.54, 1.807) is 0 Å². The predicted octanol–water partition coefficient (Wildman–Crippen LogP) is -0.336. The van der Waals surface area contributed by atoms with Crippen molar-refractivity contribution in [2.75, 3.05) is 33.2 Å². The Morgan fingerprint density at radius 1 is 1.40 bits per heavy atom. The number of hydrogen-bond donors (Lipinski definition) is 0. The van der Waals surface area contributed by atoms with Crippen LogP contribution in [-0.4, -0.2) is 58.9 Å². The summed E-state index contributed by atoms with van der Waals surface area (Å²) in [4.78, 5) is 23.6. The van der Waals surface area contributed by atoms with Gasteiger partial charge in [-0.3, -0.25) is 9.78 Å². The molecule has 0 unspecified atom stereocenters. The second-order valence-corrected chi connectivity index (χ2v) is 3.63. The van der Waals surface area contributed by atoms with Crippen molar-refractivity contribution in [3.63, 3.8) is 0 Å². The Morgan fingerprint density at radius 2 is 2.13 bits per heavy atom. The zero-order valence-electron chi connectivity index (χ0n) is 8.68. The number of carbonyl (C=O) groups excluding carboxylic acids is 1. The van der Waals surface area contributed by atoms with Gasteiger partial charge < -0.3 is 9.80 Å². The van der Waals surface area contributed by atoms with Crippen LogP contribution in [0.2, 0.25) is 0 Å². The van der Waals surface area contributed by atoms with Gasteiger partial charge in [0, 0.05) is 26.2 Å². The van der Waals surface area contributed by atoms with Crippen LogP contribution in [0.15, 0.2) is 12.4 Å². The summed E-state index contributed by atoms with van der Waals surface area (Å²) < 4.78 is 0. The highest BCUT2D eigenvalue weighted by molar-refractivity contribution is 5.92. The average Bonchev–Trinajstić information content (AvgIpc) is 2.30. The molecule has 1 aromatic heterocycles. The maximum Gasteiger partial charge on any atom is 0.274 e. The summed E-state index contributed by atoms with van der Waals surface area (Å²) in [7, 11) is 2.05. The molecule has 1 aliphatic rings. The van der Waals surface area contributed by atoms with E-state index in [4.69, 9.17) is 0 Å². The number of rotatable bonds is 1. The highest BCUT2D eigenvalue weighted by Gasteiger charge is 2.20. The lowest BCUT2D eigenvalue weighted by atomic mass is 10.3. The van der Waals surface area contributed by atoms with Crippen molar-refractivity contribution in [2.24, 2.45) is 0 Å². The Bertz CT molecular complexity index is 333. The third-order valence-electron chi connectivity index (χ3n) is 2.53. The van der Waals surface area contributed by atoms with Crippen LogP contribution >= 0.6 is 0 Å². The van der Waals surface area contributed by atoms with E-state index in [1.165, 1.54) is 12.4 Å². The summed E-state index contributed by atoms with van der Waals surface area (Å²) in [6.07, 6.45) is 5.44. The standard InChI is InChI=1S/C10H13N4O/c1-13-4-6-14(7-5-13)10(15)9-8-11-2-3-12-9/h3,8H,4-7H2,1H3. The molecule has 0 spiro atoms. The van der Waals surface area contributed by atoms with Crippen LogP contribution in [0.25, 0.3) is 0 Å². The lowest BCUT2D eigenvalue weighted by Crippen LogP contribution is -2.47. The van der Waals surface area contributed by atoms with E-state index < -0.39 is 0 Å². The molecule has 79 valence electrons. The van der Waals surface area contributed by atoms with Gasteiger partial charge in [0.05, 0.1) is 12.4 Å². The molecule has 2 rings (SSSR count). The highest BCUT2D eigenvalue weighted by Crippen LogP contribution is 2.04. The van der Waals surface area contributed by atoms with Gasteiger partial charge in [0.1, 0.15) is 11.9 Å². The summed E-state index contributed by atoms with van der Waals surface area (Å²) in [5.74, 6) is -0.0374. The Kier molecular flexibility index (Phi) is 2.91. The molecule has 0 bridgehead atoms. The Morgan fingerprint density at radius 3 is 2.73 bits per heavy atom. The van der Waals surface area contributed by atoms with Crippen LogP contribution in [0.5, 0.6) is 0 Å². The third-order valence-corrected chi connectivity index (χ3v) is 2.53. The number of hydrogen-bond acceptors (Lipinski definition) is 4. The van der Waals surface area contributed by atoms with Gasteiger partial charge in [0.2, 0.25) is 0 Å². The molecular formula is C10H13N4O. The molecule has 0 aliphatic carbocycles. The van der Waals surface area contributed by atoms with Crippen molar-refractivity contribution in [3.8, 4) is 0 Å². The molecule has 1 aromatic rings. The van der Waals surface area contributed by atoms with Gasteiger partial charge in [0.25, 0.3) is 5.91 Å². The largest absolute Gasteiger partial charge is 0.335 e. The van der Waals surface area contributed by atoms with Gasteiger partial charge in [-0.2, -0.15) is 0 Å². The minimum Gasteiger partial charge on any atom is -0.335 e. The summed E-state index contributed by atoms with van der Waals surface area (Å²) in [5, 5.41) is 0. The first-order chi connectivity index (χ1) is 7.27. The van der Waals surface area contributed by atoms with Crippen LogP contribution in [-0.2, 0) is 0 Å². The number of carbonyl (C=O) groups is 1. The van der Waals surface area contributed by atoms with Crippen LogP contribution in [0.1, 0.15) is 10.5 Å². The first-order valence-electron chi connectivity index (χ1n) is 4.93. The quantitative estimate of drug-likeness (QED) is 0.629. The fourth-order valence-electron chi connectivity index (χ4n) is 1.55. The average molecular weight is 205 g/mol. The molecule has 5 heteroatoms. The molecule has 1 saturated heterocycles. The van der Waals surface area contributed by atoms with Crippen LogP contribution in [0.3, 0.4) is 0 Å². The third kappa shape index (κ3) is 2.30. The normalized spacial score (nSPS) is 17.8. The minimum atomic E-state index is -0.0374. The molecule has 5 nitrogen and oxygen atoms in total. The topological polar surface area (TPSA) is 49.3 Å². The number of nitrogens with zero attached hydrogens (tertiary/aromatic N) is 4. The molecule has 15 heavy (non-hydrogen) atoms. The van der Waals surface area contributed by atoms with E-state index in [9.17, 15) is 4.79 Å². The van der Waals surface area contributed by atoms with E-state index in [0.29, 0.717) is 5.69 Å². The van der Waals surface area contributed by atoms with Crippen molar-refractivity contribution >= 4 is 5.91 Å². The smallest absolute Gasteiger partial charge is 0.274 e. The van der Waals surface area contributed by atoms with Crippen LogP contribution in [0.4, 0.5) is 0 Å². The van der Waals surface area contributed by atoms with Gasteiger partial charge >= 0.3 is 0 Å². The fourth-order valence-corrected chi connectivity index (χ4v) is 1.55. The highest BCUT2D eigenvalue weighted by atomic mass is 16.2. The summed E-state index contributed by atoms with van der Waals surface area (Å²) in [6.45, 7) is 3.35. The lowest BCUT2D eigenvalue weighted by Gasteiger charge is -2.32. The predicted molar refractivity (Wildman–Crippen MR) is 54.3 cm³/mol. The minimum absolute atomic E-state index is 0.0374. The number of amides is 1. The number of likely N-dealkylation sites (N-methyl/N-ethyl adjacent to an activating group) is 1. The number of aromatic nitrogens is 2. The van der Waals surface area contributed by atoms with Gasteiger partial charge in [-0.15, -0.1) is 0 Å². The Hall–Kier alpha value is -1.49. The molecule has 1 amide bonds. The summed E-state index contributed by atoms with van der Waals surface area (Å²) in [5.41, 5.74) is 0.401. The monoisotopic (exact) mass is 205 g/mol. The number of piperazine rings is 1. The first kappa shape index (κ1) is 10.0. The van der Waals surface area contributed by atoms with E-state index in [0.717, 1.165) is 26.2 Å². The molecule has 1 fully saturated rings. The van der Waals surface area contributed by atoms with Crippen molar-refractivity contribution < 1.29 is 4.79 Å². The van der Waals surface area contributed by atoms with Crippen LogP contribution in [0, 0.1) is 6.20 Å². The van der Waals surface area contributed by atoms with E-state index in [2.05, 4.69) is 28.1 Å². The van der Waals surface area contributed by atoms with Gasteiger partial charge in [-0.25, -0.2) is 4.98 Å². The SMILES string of the molecule is CN1CCN(C(=O)c2cn[c]cn2)CC1. The van der Waals surface area contributed by atoms with Crippen molar-refractivity contribution in [2.45, 2.75) is 0 Å². The maximum absolute atomic E-state index is 11.9. The zero-order chi connectivity index (χ0) is 10.7. The van der Waals surface area contributed by atoms with Crippen molar-refractivity contribution in [1.29, 1.82) is 0 Å². The van der Waals surface area contributed by atoms with Crippen LogP contribution < -0.4 is 0 Å². The van der Waals surface area contributed by atoms with E-state index >= 15 is 0 Å².